The van der Waals surface area contributed by atoms with E-state index < -0.39 is 4.92 Å². The van der Waals surface area contributed by atoms with Crippen LogP contribution in [0, 0.1) is 23.0 Å². The summed E-state index contributed by atoms with van der Waals surface area (Å²) in [5.41, 5.74) is 0.771. The van der Waals surface area contributed by atoms with E-state index in [1.165, 1.54) is 12.3 Å². The molecule has 6 heteroatoms. The van der Waals surface area contributed by atoms with Gasteiger partial charge in [-0.2, -0.15) is 0 Å². The second-order valence-electron chi connectivity index (χ2n) is 4.87. The minimum atomic E-state index is -0.448. The number of anilines is 1. The molecule has 0 aliphatic carbocycles. The molecule has 0 bridgehead atoms. The summed E-state index contributed by atoms with van der Waals surface area (Å²) in [6, 6.07) is 1.52. The lowest BCUT2D eigenvalue weighted by molar-refractivity contribution is -0.385. The summed E-state index contributed by atoms with van der Waals surface area (Å²) in [7, 11) is 0. The number of nitrogens with zero attached hydrogens (tertiary/aromatic N) is 3. The number of hydrogen-bond donors (Lipinski definition) is 1. The maximum Gasteiger partial charge on any atom is 0.287 e. The van der Waals surface area contributed by atoms with Crippen molar-refractivity contribution in [3.63, 3.8) is 0 Å². The lowest BCUT2D eigenvalue weighted by Gasteiger charge is -2.35. The quantitative estimate of drug-likeness (QED) is 0.636. The Hall–Kier alpha value is -1.69. The first kappa shape index (κ1) is 12.8. The molecule has 2 rings (SSSR count). The molecule has 1 aromatic heterocycles. The molecule has 2 heterocycles. The predicted molar refractivity (Wildman–Crippen MR) is 67.6 cm³/mol. The molecule has 0 spiro atoms. The van der Waals surface area contributed by atoms with Crippen LogP contribution in [-0.2, 0) is 0 Å². The highest BCUT2D eigenvalue weighted by atomic mass is 16.6. The van der Waals surface area contributed by atoms with Gasteiger partial charge in [-0.05, 0) is 24.8 Å². The molecule has 0 saturated carbocycles. The van der Waals surface area contributed by atoms with Crippen molar-refractivity contribution in [2.24, 2.45) is 5.92 Å². The van der Waals surface area contributed by atoms with Gasteiger partial charge in [-0.3, -0.25) is 10.1 Å². The van der Waals surface area contributed by atoms with E-state index in [-0.39, 0.29) is 11.8 Å². The highest BCUT2D eigenvalue weighted by molar-refractivity contribution is 5.50. The molecule has 2 unspecified atom stereocenters. The summed E-state index contributed by atoms with van der Waals surface area (Å²) in [5, 5.41) is 20.5. The number of β-amino-alcohol motifs (C(OH)–C–C–N with tert-alkyl or cyclic N) is 1. The zero-order valence-electron chi connectivity index (χ0n) is 10.5. The summed E-state index contributed by atoms with van der Waals surface area (Å²) in [4.78, 5) is 16.3. The van der Waals surface area contributed by atoms with Crippen molar-refractivity contribution < 1.29 is 10.0 Å². The average Bonchev–Trinajstić information content (AvgIpc) is 2.32. The van der Waals surface area contributed by atoms with Crippen LogP contribution in [0.1, 0.15) is 18.9 Å². The molecule has 2 atom stereocenters. The molecule has 1 aromatic rings. The fourth-order valence-electron chi connectivity index (χ4n) is 2.22. The first-order valence-corrected chi connectivity index (χ1v) is 6.03. The molecule has 0 amide bonds. The van der Waals surface area contributed by atoms with Gasteiger partial charge in [-0.1, -0.05) is 6.92 Å². The van der Waals surface area contributed by atoms with Crippen LogP contribution in [0.3, 0.4) is 0 Å². The Balaban J connectivity index is 2.21. The second kappa shape index (κ2) is 4.89. The van der Waals surface area contributed by atoms with Gasteiger partial charge in [-0.25, -0.2) is 4.98 Å². The minimum absolute atomic E-state index is 0.00201. The Kier molecular flexibility index (Phi) is 3.47. The number of aliphatic hydroxyl groups excluding tert-OH is 1. The number of aryl methyl sites for hydroxylation is 1. The fraction of sp³-hybridized carbons (Fsp3) is 0.583. The summed E-state index contributed by atoms with van der Waals surface area (Å²) in [6.07, 6.45) is 1.81. The standard InChI is InChI=1S/C12H17N3O3/c1-8-3-4-14(7-11(8)16)12-9(2)5-10(6-13-12)15(17)18/h5-6,8,11,16H,3-4,7H2,1-2H3. The molecule has 6 nitrogen and oxygen atoms in total. The molecular weight excluding hydrogens is 234 g/mol. The van der Waals surface area contributed by atoms with Crippen LogP contribution in [-0.4, -0.2) is 34.2 Å². The van der Waals surface area contributed by atoms with Crippen LogP contribution in [0.15, 0.2) is 12.3 Å². The molecule has 18 heavy (non-hydrogen) atoms. The lowest BCUT2D eigenvalue weighted by atomic mass is 9.96. The largest absolute Gasteiger partial charge is 0.391 e. The van der Waals surface area contributed by atoms with Gasteiger partial charge in [0.2, 0.25) is 0 Å². The van der Waals surface area contributed by atoms with E-state index in [1.54, 1.807) is 6.92 Å². The zero-order chi connectivity index (χ0) is 13.3. The number of piperidine rings is 1. The smallest absolute Gasteiger partial charge is 0.287 e. The van der Waals surface area contributed by atoms with E-state index in [2.05, 4.69) is 4.98 Å². The fourth-order valence-corrected chi connectivity index (χ4v) is 2.22. The Labute approximate surface area is 105 Å². The molecule has 1 aliphatic heterocycles. The van der Waals surface area contributed by atoms with Crippen LogP contribution >= 0.6 is 0 Å². The van der Waals surface area contributed by atoms with E-state index in [0.29, 0.717) is 12.5 Å². The van der Waals surface area contributed by atoms with Gasteiger partial charge in [0.25, 0.3) is 5.69 Å². The highest BCUT2D eigenvalue weighted by Crippen LogP contribution is 2.26. The van der Waals surface area contributed by atoms with Gasteiger partial charge in [0.1, 0.15) is 12.0 Å². The third kappa shape index (κ3) is 2.43. The van der Waals surface area contributed by atoms with Gasteiger partial charge < -0.3 is 10.0 Å². The van der Waals surface area contributed by atoms with Crippen LogP contribution in [0.2, 0.25) is 0 Å². The first-order valence-electron chi connectivity index (χ1n) is 6.03. The van der Waals surface area contributed by atoms with E-state index in [9.17, 15) is 15.2 Å². The molecule has 0 radical (unpaired) electrons. The van der Waals surface area contributed by atoms with E-state index >= 15 is 0 Å². The normalized spacial score (nSPS) is 24.1. The molecule has 1 N–H and O–H groups in total. The third-order valence-corrected chi connectivity index (χ3v) is 3.47. The number of pyridine rings is 1. The topological polar surface area (TPSA) is 79.5 Å². The maximum atomic E-state index is 10.6. The average molecular weight is 251 g/mol. The van der Waals surface area contributed by atoms with Crippen molar-refractivity contribution in [1.29, 1.82) is 0 Å². The van der Waals surface area contributed by atoms with Crippen LogP contribution in [0.25, 0.3) is 0 Å². The van der Waals surface area contributed by atoms with Crippen LogP contribution in [0.4, 0.5) is 11.5 Å². The first-order chi connectivity index (χ1) is 8.49. The molecule has 1 saturated heterocycles. The van der Waals surface area contributed by atoms with Crippen molar-refractivity contribution >= 4 is 11.5 Å². The van der Waals surface area contributed by atoms with Gasteiger partial charge in [0, 0.05) is 19.2 Å². The molecular formula is C12H17N3O3. The monoisotopic (exact) mass is 251 g/mol. The number of hydrogen-bond acceptors (Lipinski definition) is 5. The van der Waals surface area contributed by atoms with Crippen molar-refractivity contribution in [2.45, 2.75) is 26.4 Å². The van der Waals surface area contributed by atoms with Crippen molar-refractivity contribution in [1.82, 2.24) is 4.98 Å². The predicted octanol–water partition coefficient (Wildman–Crippen LogP) is 1.51. The van der Waals surface area contributed by atoms with Crippen molar-refractivity contribution in [2.75, 3.05) is 18.0 Å². The van der Waals surface area contributed by atoms with E-state index in [1.807, 2.05) is 11.8 Å². The van der Waals surface area contributed by atoms with E-state index in [4.69, 9.17) is 0 Å². The lowest BCUT2D eigenvalue weighted by Crippen LogP contribution is -2.43. The molecule has 1 aliphatic rings. The van der Waals surface area contributed by atoms with Gasteiger partial charge in [-0.15, -0.1) is 0 Å². The van der Waals surface area contributed by atoms with Gasteiger partial charge in [0.15, 0.2) is 0 Å². The molecule has 0 aromatic carbocycles. The Morgan fingerprint density at radius 3 is 2.89 bits per heavy atom. The SMILES string of the molecule is Cc1cc([N+](=O)[O-])cnc1N1CCC(C)C(O)C1. The Morgan fingerprint density at radius 2 is 2.33 bits per heavy atom. The number of aromatic nitrogens is 1. The minimum Gasteiger partial charge on any atom is -0.391 e. The Bertz CT molecular complexity index is 464. The van der Waals surface area contributed by atoms with E-state index in [0.717, 1.165) is 24.3 Å². The third-order valence-electron chi connectivity index (χ3n) is 3.47. The van der Waals surface area contributed by atoms with Crippen molar-refractivity contribution in [3.05, 3.63) is 27.9 Å². The van der Waals surface area contributed by atoms with Crippen molar-refractivity contribution in [3.8, 4) is 0 Å². The number of nitro groups is 1. The van der Waals surface area contributed by atoms with Crippen LogP contribution in [0.5, 0.6) is 0 Å². The second-order valence-corrected chi connectivity index (χ2v) is 4.87. The summed E-state index contributed by atoms with van der Waals surface area (Å²) in [5.74, 6) is 1.02. The maximum absolute atomic E-state index is 10.6. The van der Waals surface area contributed by atoms with Crippen LogP contribution < -0.4 is 4.90 Å². The molecule has 1 fully saturated rings. The highest BCUT2D eigenvalue weighted by Gasteiger charge is 2.26. The molecule has 98 valence electrons. The summed E-state index contributed by atoms with van der Waals surface area (Å²) < 4.78 is 0. The number of aliphatic hydroxyl groups is 1. The summed E-state index contributed by atoms with van der Waals surface area (Å²) in [6.45, 7) is 5.19. The van der Waals surface area contributed by atoms with Gasteiger partial charge in [0.05, 0.1) is 11.0 Å². The zero-order valence-corrected chi connectivity index (χ0v) is 10.5. The Morgan fingerprint density at radius 1 is 1.61 bits per heavy atom. The summed E-state index contributed by atoms with van der Waals surface area (Å²) >= 11 is 0. The number of rotatable bonds is 2. The van der Waals surface area contributed by atoms with Gasteiger partial charge >= 0.3 is 0 Å².